The lowest BCUT2D eigenvalue weighted by Gasteiger charge is -2.07. The van der Waals surface area contributed by atoms with Crippen molar-refractivity contribution >= 4 is 11.6 Å². The Bertz CT molecular complexity index is 258. The molecule has 0 bridgehead atoms. The molecule has 0 spiro atoms. The maximum absolute atomic E-state index is 12.7. The summed E-state index contributed by atoms with van der Waals surface area (Å²) in [5.74, 6) is -0.499. The highest BCUT2D eigenvalue weighted by Crippen LogP contribution is 2.18. The third kappa shape index (κ3) is 2.16. The Hall–Kier alpha value is -0.670. The van der Waals surface area contributed by atoms with Gasteiger partial charge in [-0.2, -0.15) is 0 Å². The number of nitrogens with two attached hydrogens (primary N) is 1. The van der Waals surface area contributed by atoms with Crippen molar-refractivity contribution in [2.24, 2.45) is 5.73 Å². The number of hydrogen-bond donors (Lipinski definition) is 1. The molecule has 0 radical (unpaired) electrons. The van der Waals surface area contributed by atoms with Crippen molar-refractivity contribution < 1.29 is 8.78 Å². The van der Waals surface area contributed by atoms with Crippen molar-refractivity contribution in [2.45, 2.75) is 6.04 Å². The Morgan fingerprint density at radius 1 is 1.42 bits per heavy atom. The number of benzene rings is 1. The Morgan fingerprint density at radius 3 is 2.58 bits per heavy atom. The predicted octanol–water partition coefficient (Wildman–Crippen LogP) is 2.45. The van der Waals surface area contributed by atoms with Gasteiger partial charge in [-0.05, 0) is 23.8 Å². The summed E-state index contributed by atoms with van der Waals surface area (Å²) in [7, 11) is 0. The lowest BCUT2D eigenvalue weighted by molar-refractivity contribution is 0.436. The zero-order chi connectivity index (χ0) is 9.14. The van der Waals surface area contributed by atoms with Gasteiger partial charge in [0.2, 0.25) is 0 Å². The molecule has 66 valence electrons. The van der Waals surface area contributed by atoms with Crippen LogP contribution in [0.15, 0.2) is 18.2 Å². The van der Waals surface area contributed by atoms with E-state index in [1.807, 2.05) is 0 Å². The van der Waals surface area contributed by atoms with Crippen LogP contribution < -0.4 is 5.73 Å². The molecule has 0 unspecified atom stereocenters. The van der Waals surface area contributed by atoms with Gasteiger partial charge in [-0.3, -0.25) is 0 Å². The summed E-state index contributed by atoms with van der Waals surface area (Å²) in [6, 6.07) is 2.99. The fourth-order valence-corrected chi connectivity index (χ4v) is 1.11. The maximum Gasteiger partial charge on any atom is 0.125 e. The molecule has 1 nitrogen and oxygen atoms in total. The summed E-state index contributed by atoms with van der Waals surface area (Å²) in [5, 5.41) is 0.230. The first-order valence-corrected chi connectivity index (χ1v) is 3.79. The molecule has 0 saturated carbocycles. The molecule has 4 heteroatoms. The van der Waals surface area contributed by atoms with E-state index in [1.54, 1.807) is 0 Å². The molecule has 0 aliphatic carbocycles. The van der Waals surface area contributed by atoms with E-state index >= 15 is 0 Å². The molecule has 0 aliphatic rings. The van der Waals surface area contributed by atoms with E-state index < -0.39 is 18.5 Å². The first-order chi connectivity index (χ1) is 5.63. The van der Waals surface area contributed by atoms with Gasteiger partial charge in [0.15, 0.2) is 0 Å². The molecule has 0 aliphatic heterocycles. The lowest BCUT2D eigenvalue weighted by Crippen LogP contribution is -2.12. The molecule has 1 rings (SSSR count). The SMILES string of the molecule is N[C@@H](CF)c1cc(F)cc(Cl)c1. The van der Waals surface area contributed by atoms with E-state index in [0.29, 0.717) is 5.56 Å². The smallest absolute Gasteiger partial charge is 0.125 e. The zero-order valence-corrected chi connectivity index (χ0v) is 6.98. The standard InChI is InChI=1S/C8H8ClF2N/c9-6-1-5(8(12)4-10)2-7(11)3-6/h1-3,8H,4,12H2/t8-/m0/s1. The van der Waals surface area contributed by atoms with Gasteiger partial charge < -0.3 is 5.73 Å². The molecule has 1 aromatic carbocycles. The molecule has 1 atom stereocenters. The van der Waals surface area contributed by atoms with Crippen molar-refractivity contribution in [1.29, 1.82) is 0 Å². The molecule has 0 saturated heterocycles. The summed E-state index contributed by atoms with van der Waals surface area (Å²) >= 11 is 5.53. The minimum atomic E-state index is -0.793. The molecule has 12 heavy (non-hydrogen) atoms. The summed E-state index contributed by atoms with van der Waals surface area (Å²) in [6.45, 7) is -0.722. The molecule has 1 aromatic rings. The van der Waals surface area contributed by atoms with Gasteiger partial charge >= 0.3 is 0 Å². The second-order valence-electron chi connectivity index (χ2n) is 2.46. The third-order valence-electron chi connectivity index (χ3n) is 1.48. The van der Waals surface area contributed by atoms with E-state index in [1.165, 1.54) is 12.1 Å². The van der Waals surface area contributed by atoms with Crippen LogP contribution in [0.2, 0.25) is 5.02 Å². The molecule has 0 heterocycles. The van der Waals surface area contributed by atoms with Crippen LogP contribution in [0.4, 0.5) is 8.78 Å². The number of rotatable bonds is 2. The van der Waals surface area contributed by atoms with Crippen molar-refractivity contribution in [2.75, 3.05) is 6.67 Å². The second kappa shape index (κ2) is 3.83. The average Bonchev–Trinajstić information content (AvgIpc) is 2.01. The van der Waals surface area contributed by atoms with E-state index in [2.05, 4.69) is 0 Å². The van der Waals surface area contributed by atoms with Crippen LogP contribution in [0.1, 0.15) is 11.6 Å². The van der Waals surface area contributed by atoms with Gasteiger partial charge in [0, 0.05) is 5.02 Å². The molecule has 0 aromatic heterocycles. The lowest BCUT2D eigenvalue weighted by atomic mass is 10.1. The van der Waals surface area contributed by atoms with Crippen molar-refractivity contribution in [1.82, 2.24) is 0 Å². The van der Waals surface area contributed by atoms with Crippen molar-refractivity contribution in [3.63, 3.8) is 0 Å². The summed E-state index contributed by atoms with van der Waals surface area (Å²) in [6.07, 6.45) is 0. The predicted molar refractivity (Wildman–Crippen MR) is 44.3 cm³/mol. The van der Waals surface area contributed by atoms with Crippen LogP contribution in [-0.4, -0.2) is 6.67 Å². The van der Waals surface area contributed by atoms with E-state index in [4.69, 9.17) is 17.3 Å². The van der Waals surface area contributed by atoms with Gasteiger partial charge in [-0.1, -0.05) is 11.6 Å². The first-order valence-electron chi connectivity index (χ1n) is 3.41. The third-order valence-corrected chi connectivity index (χ3v) is 1.70. The van der Waals surface area contributed by atoms with Crippen LogP contribution in [0.5, 0.6) is 0 Å². The largest absolute Gasteiger partial charge is 0.322 e. The van der Waals surface area contributed by atoms with Crippen LogP contribution in [0.25, 0.3) is 0 Å². The van der Waals surface area contributed by atoms with Crippen LogP contribution in [0.3, 0.4) is 0 Å². The molecular weight excluding hydrogens is 184 g/mol. The minimum absolute atomic E-state index is 0.230. The van der Waals surface area contributed by atoms with Crippen molar-refractivity contribution in [3.8, 4) is 0 Å². The number of alkyl halides is 1. The molecule has 0 amide bonds. The fourth-order valence-electron chi connectivity index (χ4n) is 0.878. The molecule has 0 fully saturated rings. The quantitative estimate of drug-likeness (QED) is 0.764. The Balaban J connectivity index is 3.00. The Morgan fingerprint density at radius 2 is 2.08 bits per heavy atom. The zero-order valence-electron chi connectivity index (χ0n) is 6.23. The van der Waals surface area contributed by atoms with E-state index in [-0.39, 0.29) is 5.02 Å². The monoisotopic (exact) mass is 191 g/mol. The van der Waals surface area contributed by atoms with Gasteiger partial charge in [-0.25, -0.2) is 8.78 Å². The van der Waals surface area contributed by atoms with E-state index in [9.17, 15) is 8.78 Å². The second-order valence-corrected chi connectivity index (χ2v) is 2.90. The number of hydrogen-bond acceptors (Lipinski definition) is 1. The van der Waals surface area contributed by atoms with Crippen molar-refractivity contribution in [3.05, 3.63) is 34.6 Å². The highest BCUT2D eigenvalue weighted by Gasteiger charge is 2.07. The molecule has 2 N–H and O–H groups in total. The fraction of sp³-hybridized carbons (Fsp3) is 0.250. The average molecular weight is 192 g/mol. The Labute approximate surface area is 74.1 Å². The van der Waals surface area contributed by atoms with Crippen LogP contribution >= 0.6 is 11.6 Å². The van der Waals surface area contributed by atoms with Crippen LogP contribution in [-0.2, 0) is 0 Å². The first kappa shape index (κ1) is 9.42. The topological polar surface area (TPSA) is 26.0 Å². The summed E-state index contributed by atoms with van der Waals surface area (Å²) < 4.78 is 24.7. The summed E-state index contributed by atoms with van der Waals surface area (Å²) in [4.78, 5) is 0. The van der Waals surface area contributed by atoms with Gasteiger partial charge in [0.25, 0.3) is 0 Å². The normalized spacial score (nSPS) is 13.0. The van der Waals surface area contributed by atoms with Gasteiger partial charge in [0.05, 0.1) is 6.04 Å². The molecular formula is C8H8ClF2N. The number of halogens is 3. The highest BCUT2D eigenvalue weighted by molar-refractivity contribution is 6.30. The van der Waals surface area contributed by atoms with E-state index in [0.717, 1.165) is 6.07 Å². The highest BCUT2D eigenvalue weighted by atomic mass is 35.5. The van der Waals surface area contributed by atoms with Gasteiger partial charge in [-0.15, -0.1) is 0 Å². The van der Waals surface area contributed by atoms with Gasteiger partial charge in [0.1, 0.15) is 12.5 Å². The Kier molecular flexibility index (Phi) is 3.00. The minimum Gasteiger partial charge on any atom is -0.322 e. The summed E-state index contributed by atoms with van der Waals surface area (Å²) in [5.41, 5.74) is 5.71. The maximum atomic E-state index is 12.7. The van der Waals surface area contributed by atoms with Crippen LogP contribution in [0, 0.1) is 5.82 Å².